The molecule has 0 aliphatic heterocycles. The Labute approximate surface area is 396 Å². The average molecular weight is 860 g/mol. The van der Waals surface area contributed by atoms with Crippen LogP contribution in [0.3, 0.4) is 0 Å². The van der Waals surface area contributed by atoms with Gasteiger partial charge in [-0.15, -0.1) is 0 Å². The summed E-state index contributed by atoms with van der Waals surface area (Å²) in [7, 11) is 0. The fourth-order valence-corrected chi connectivity index (χ4v) is 11.3. The number of allylic oxidation sites excluding steroid dienone is 10. The van der Waals surface area contributed by atoms with Crippen molar-refractivity contribution in [2.75, 3.05) is 4.90 Å². The molecule has 0 amide bonds. The second-order valence-electron chi connectivity index (χ2n) is 18.5. The van der Waals surface area contributed by atoms with Crippen LogP contribution in [-0.2, 0) is 17.3 Å². The molecule has 3 aliphatic rings. The smallest absolute Gasteiger partial charge is 0.0713 e. The van der Waals surface area contributed by atoms with Crippen LogP contribution in [0.15, 0.2) is 244 Å². The molecule has 0 unspecified atom stereocenters. The lowest BCUT2D eigenvalue weighted by Gasteiger charge is -2.34. The third kappa shape index (κ3) is 6.76. The zero-order chi connectivity index (χ0) is 45.7. The summed E-state index contributed by atoms with van der Waals surface area (Å²) in [6.07, 6.45) is 15.5. The van der Waals surface area contributed by atoms with Crippen LogP contribution in [0.5, 0.6) is 0 Å². The minimum Gasteiger partial charge on any atom is -0.310 e. The van der Waals surface area contributed by atoms with Crippen LogP contribution in [0.1, 0.15) is 76.4 Å². The molecule has 3 aliphatic carbocycles. The van der Waals surface area contributed by atoms with Gasteiger partial charge in [-0.05, 0) is 144 Å². The van der Waals surface area contributed by atoms with Crippen molar-refractivity contribution in [1.29, 1.82) is 0 Å². The van der Waals surface area contributed by atoms with Gasteiger partial charge in [0, 0.05) is 22.5 Å². The van der Waals surface area contributed by atoms with Gasteiger partial charge in [-0.1, -0.05) is 221 Å². The van der Waals surface area contributed by atoms with E-state index in [1.807, 2.05) is 12.2 Å². The number of nitrogens with zero attached hydrogens (tertiary/aromatic N) is 1. The van der Waals surface area contributed by atoms with Gasteiger partial charge in [0.05, 0.1) is 5.41 Å². The number of benzene rings is 8. The lowest BCUT2D eigenvalue weighted by Crippen LogP contribution is -2.28. The van der Waals surface area contributed by atoms with Crippen molar-refractivity contribution in [2.24, 2.45) is 0 Å². The second-order valence-corrected chi connectivity index (χ2v) is 18.5. The maximum absolute atomic E-state index is 4.62. The molecule has 8 aromatic rings. The summed E-state index contributed by atoms with van der Waals surface area (Å²) < 4.78 is 0. The highest BCUT2D eigenvalue weighted by atomic mass is 15.1. The van der Waals surface area contributed by atoms with Crippen molar-refractivity contribution >= 4 is 33.8 Å². The van der Waals surface area contributed by atoms with Crippen LogP contribution < -0.4 is 4.90 Å². The Hall–Kier alpha value is -8.00. The van der Waals surface area contributed by atoms with Crippen LogP contribution >= 0.6 is 0 Å². The molecular formula is C66H53N. The van der Waals surface area contributed by atoms with E-state index in [1.165, 1.54) is 77.9 Å². The summed E-state index contributed by atoms with van der Waals surface area (Å²) in [4.78, 5) is 2.41. The average Bonchev–Trinajstić information content (AvgIpc) is 3.80. The third-order valence-electron chi connectivity index (χ3n) is 14.5. The van der Waals surface area contributed by atoms with Crippen molar-refractivity contribution in [3.8, 4) is 22.3 Å². The molecule has 11 rings (SSSR count). The first kappa shape index (κ1) is 41.7. The van der Waals surface area contributed by atoms with E-state index in [0.717, 1.165) is 40.2 Å². The standard InChI is InChI=1S/C66H53N/c1-6-8-21-46(7-2)47-31-35-52(36-32-47)67(54-39-40-57-56-27-15-17-29-60(56)65(4,5)63(57)44-54)53-37-33-48(34-38-53)49-22-19-20-45(3)55-41-42-62-64(59(55)43-49)58-28-16-18-30-61(58)66(62,50-23-11-9-12-24-50)51-25-13-10-14-26-51/h6-42,44H,1,3,43H2,2,4-5H3/b20-19-,21-8-,46-7+,49-22+. The molecule has 0 radical (unpaired) electrons. The maximum atomic E-state index is 4.62. The van der Waals surface area contributed by atoms with Crippen molar-refractivity contribution in [1.82, 2.24) is 0 Å². The molecule has 0 fully saturated rings. The Morgan fingerprint density at radius 1 is 0.567 bits per heavy atom. The van der Waals surface area contributed by atoms with E-state index in [1.54, 1.807) is 0 Å². The van der Waals surface area contributed by atoms with Crippen LogP contribution in [-0.4, -0.2) is 0 Å². The monoisotopic (exact) mass is 859 g/mol. The first-order valence-corrected chi connectivity index (χ1v) is 23.5. The van der Waals surface area contributed by atoms with E-state index in [-0.39, 0.29) is 5.41 Å². The van der Waals surface area contributed by atoms with E-state index in [4.69, 9.17) is 0 Å². The summed E-state index contributed by atoms with van der Waals surface area (Å²) >= 11 is 0. The maximum Gasteiger partial charge on any atom is 0.0713 e. The van der Waals surface area contributed by atoms with Crippen LogP contribution in [0.4, 0.5) is 17.1 Å². The predicted octanol–water partition coefficient (Wildman–Crippen LogP) is 17.2. The summed E-state index contributed by atoms with van der Waals surface area (Å²) in [5.74, 6) is 0. The highest BCUT2D eigenvalue weighted by Gasteiger charge is 2.47. The quantitative estimate of drug-likeness (QED) is 0.131. The van der Waals surface area contributed by atoms with Gasteiger partial charge in [-0.25, -0.2) is 0 Å². The second kappa shape index (κ2) is 16.8. The van der Waals surface area contributed by atoms with Gasteiger partial charge in [0.2, 0.25) is 0 Å². The summed E-state index contributed by atoms with van der Waals surface area (Å²) in [5, 5.41) is 0. The predicted molar refractivity (Wildman–Crippen MR) is 285 cm³/mol. The van der Waals surface area contributed by atoms with Crippen LogP contribution in [0.25, 0.3) is 39.0 Å². The van der Waals surface area contributed by atoms with Gasteiger partial charge in [0.1, 0.15) is 0 Å². The summed E-state index contributed by atoms with van der Waals surface area (Å²) in [6, 6.07) is 70.0. The van der Waals surface area contributed by atoms with Gasteiger partial charge in [-0.3, -0.25) is 0 Å². The molecule has 0 saturated heterocycles. The Bertz CT molecular complexity index is 3310. The Morgan fingerprint density at radius 3 is 1.82 bits per heavy atom. The largest absolute Gasteiger partial charge is 0.310 e. The lowest BCUT2D eigenvalue weighted by molar-refractivity contribution is 0.660. The molecular weight excluding hydrogens is 807 g/mol. The Kier molecular flexibility index (Phi) is 10.4. The molecule has 67 heavy (non-hydrogen) atoms. The fraction of sp³-hybridized carbons (Fsp3) is 0.0909. The number of hydrogen-bond donors (Lipinski definition) is 0. The first-order valence-electron chi connectivity index (χ1n) is 23.5. The molecule has 0 heterocycles. The van der Waals surface area contributed by atoms with Crippen molar-refractivity contribution in [2.45, 2.75) is 38.0 Å². The highest BCUT2D eigenvalue weighted by molar-refractivity contribution is 5.94. The molecule has 0 atom stereocenters. The van der Waals surface area contributed by atoms with Crippen molar-refractivity contribution in [3.63, 3.8) is 0 Å². The molecule has 0 bridgehead atoms. The lowest BCUT2D eigenvalue weighted by atomic mass is 9.67. The topological polar surface area (TPSA) is 3.24 Å². The van der Waals surface area contributed by atoms with Gasteiger partial charge < -0.3 is 4.90 Å². The van der Waals surface area contributed by atoms with E-state index >= 15 is 0 Å². The highest BCUT2D eigenvalue weighted by Crippen LogP contribution is 2.58. The normalized spacial score (nSPS) is 16.4. The van der Waals surface area contributed by atoms with Crippen LogP contribution in [0, 0.1) is 0 Å². The van der Waals surface area contributed by atoms with Crippen LogP contribution in [0.2, 0.25) is 0 Å². The molecule has 322 valence electrons. The van der Waals surface area contributed by atoms with Gasteiger partial charge in [0.15, 0.2) is 0 Å². The molecule has 0 N–H and O–H groups in total. The zero-order valence-corrected chi connectivity index (χ0v) is 38.5. The molecule has 1 heteroatoms. The zero-order valence-electron chi connectivity index (χ0n) is 38.5. The van der Waals surface area contributed by atoms with Gasteiger partial charge in [0.25, 0.3) is 0 Å². The minimum absolute atomic E-state index is 0.123. The Morgan fingerprint density at radius 2 is 1.15 bits per heavy atom. The van der Waals surface area contributed by atoms with Gasteiger partial charge >= 0.3 is 0 Å². The summed E-state index contributed by atoms with van der Waals surface area (Å²) in [6.45, 7) is 15.3. The molecule has 0 aromatic heterocycles. The molecule has 0 spiro atoms. The third-order valence-corrected chi connectivity index (χ3v) is 14.5. The summed E-state index contributed by atoms with van der Waals surface area (Å²) in [5.41, 5.74) is 24.2. The number of rotatable bonds is 9. The molecule has 0 saturated carbocycles. The first-order chi connectivity index (χ1) is 32.8. The fourth-order valence-electron chi connectivity index (χ4n) is 11.3. The van der Waals surface area contributed by atoms with E-state index in [2.05, 4.69) is 257 Å². The number of fused-ring (bicyclic) bond motifs is 8. The van der Waals surface area contributed by atoms with Crippen molar-refractivity contribution < 1.29 is 0 Å². The SMILES string of the molecule is C=C/C=C\C(=C/C)c1ccc(N(c2ccc(/C3=C/C=C\C(=C)c4ccc5c(c4C3)-c3ccccc3C5(c3ccccc3)c3ccccc3)cc2)c2ccc3c(c2)C(C)(C)c2ccccc2-3)cc1. The number of hydrogen-bond acceptors (Lipinski definition) is 1. The number of anilines is 3. The van der Waals surface area contributed by atoms with Crippen molar-refractivity contribution in [3.05, 3.63) is 299 Å². The van der Waals surface area contributed by atoms with E-state index in [0.29, 0.717) is 0 Å². The molecule has 1 nitrogen and oxygen atoms in total. The van der Waals surface area contributed by atoms with E-state index < -0.39 is 5.41 Å². The molecule has 8 aromatic carbocycles. The Balaban J connectivity index is 1.02. The van der Waals surface area contributed by atoms with E-state index in [9.17, 15) is 0 Å². The minimum atomic E-state index is -0.470. The van der Waals surface area contributed by atoms with Gasteiger partial charge in [-0.2, -0.15) is 0 Å².